The number of nitrogens with zero attached hydrogens (tertiary/aromatic N) is 2. The maximum absolute atomic E-state index is 5.40. The first-order valence-corrected chi connectivity index (χ1v) is 7.57. The quantitative estimate of drug-likeness (QED) is 0.879. The summed E-state index contributed by atoms with van der Waals surface area (Å²) in [6.45, 7) is 3.74. The van der Waals surface area contributed by atoms with Crippen molar-refractivity contribution in [3.8, 4) is 5.88 Å². The van der Waals surface area contributed by atoms with E-state index in [-0.39, 0.29) is 0 Å². The van der Waals surface area contributed by atoms with Crippen LogP contribution in [0.25, 0.3) is 11.2 Å². The Morgan fingerprint density at radius 3 is 3.05 bits per heavy atom. The van der Waals surface area contributed by atoms with Crippen LogP contribution in [0.1, 0.15) is 38.4 Å². The highest BCUT2D eigenvalue weighted by molar-refractivity contribution is 5.71. The average Bonchev–Trinajstić information content (AvgIpc) is 2.89. The molecule has 5 heteroatoms. The van der Waals surface area contributed by atoms with Crippen molar-refractivity contribution in [3.63, 3.8) is 0 Å². The van der Waals surface area contributed by atoms with Gasteiger partial charge in [-0.2, -0.15) is 4.98 Å². The van der Waals surface area contributed by atoms with E-state index >= 15 is 0 Å². The molecule has 20 heavy (non-hydrogen) atoms. The van der Waals surface area contributed by atoms with E-state index in [0.29, 0.717) is 18.5 Å². The van der Waals surface area contributed by atoms with E-state index in [4.69, 9.17) is 4.74 Å². The molecule has 0 amide bonds. The zero-order chi connectivity index (χ0) is 13.8. The average molecular weight is 274 g/mol. The standard InChI is InChI=1S/C15H22N4O/c1-2-20-14-9-7-12-15(19-14)18-13(17-12)8-6-11-5-3-4-10-16-11/h7,9,11,16H,2-6,8,10H2,1H3,(H,17,18,19). The molecule has 0 radical (unpaired) electrons. The van der Waals surface area contributed by atoms with Crippen LogP contribution in [0.2, 0.25) is 0 Å². The Labute approximate surface area is 119 Å². The molecule has 0 spiro atoms. The van der Waals surface area contributed by atoms with E-state index in [1.807, 2.05) is 19.1 Å². The summed E-state index contributed by atoms with van der Waals surface area (Å²) in [4.78, 5) is 12.3. The molecule has 108 valence electrons. The van der Waals surface area contributed by atoms with Crippen LogP contribution < -0.4 is 10.1 Å². The van der Waals surface area contributed by atoms with Crippen LogP contribution in [0.3, 0.4) is 0 Å². The van der Waals surface area contributed by atoms with Crippen molar-refractivity contribution in [2.45, 2.75) is 45.1 Å². The van der Waals surface area contributed by atoms with Gasteiger partial charge >= 0.3 is 0 Å². The SMILES string of the molecule is CCOc1ccc2[nH]c(CCC3CCCCN3)nc2n1. The fourth-order valence-corrected chi connectivity index (χ4v) is 2.75. The Morgan fingerprint density at radius 1 is 1.30 bits per heavy atom. The fraction of sp³-hybridized carbons (Fsp3) is 0.600. The van der Waals surface area contributed by atoms with Crippen molar-refractivity contribution in [3.05, 3.63) is 18.0 Å². The molecule has 5 nitrogen and oxygen atoms in total. The summed E-state index contributed by atoms with van der Waals surface area (Å²) in [5.74, 6) is 1.67. The second-order valence-electron chi connectivity index (χ2n) is 5.32. The summed E-state index contributed by atoms with van der Waals surface area (Å²) < 4.78 is 5.40. The molecule has 0 aliphatic carbocycles. The molecule has 2 aromatic rings. The van der Waals surface area contributed by atoms with Gasteiger partial charge < -0.3 is 15.0 Å². The fourth-order valence-electron chi connectivity index (χ4n) is 2.75. The number of ether oxygens (including phenoxy) is 1. The first kappa shape index (κ1) is 13.4. The lowest BCUT2D eigenvalue weighted by molar-refractivity contribution is 0.328. The number of aromatic nitrogens is 3. The van der Waals surface area contributed by atoms with E-state index < -0.39 is 0 Å². The van der Waals surface area contributed by atoms with E-state index in [0.717, 1.165) is 36.4 Å². The number of aryl methyl sites for hydroxylation is 1. The van der Waals surface area contributed by atoms with Crippen LogP contribution in [0, 0.1) is 0 Å². The molecule has 1 fully saturated rings. The normalized spacial score (nSPS) is 19.4. The Kier molecular flexibility index (Phi) is 4.16. The van der Waals surface area contributed by atoms with Crippen LogP contribution in [0.5, 0.6) is 5.88 Å². The first-order chi connectivity index (χ1) is 9.85. The van der Waals surface area contributed by atoms with Crippen molar-refractivity contribution in [2.75, 3.05) is 13.2 Å². The van der Waals surface area contributed by atoms with Gasteiger partial charge in [-0.05, 0) is 38.8 Å². The molecule has 1 aliphatic rings. The number of H-pyrrole nitrogens is 1. The monoisotopic (exact) mass is 274 g/mol. The van der Waals surface area contributed by atoms with E-state index in [2.05, 4.69) is 20.3 Å². The maximum Gasteiger partial charge on any atom is 0.215 e. The maximum atomic E-state index is 5.40. The summed E-state index contributed by atoms with van der Waals surface area (Å²) in [7, 11) is 0. The van der Waals surface area contributed by atoms with Gasteiger partial charge in [-0.15, -0.1) is 0 Å². The van der Waals surface area contributed by atoms with Crippen LogP contribution in [0.4, 0.5) is 0 Å². The molecule has 0 aromatic carbocycles. The highest BCUT2D eigenvalue weighted by atomic mass is 16.5. The molecule has 0 bridgehead atoms. The summed E-state index contributed by atoms with van der Waals surface area (Å²) in [5.41, 5.74) is 1.74. The molecule has 1 unspecified atom stereocenters. The van der Waals surface area contributed by atoms with E-state index in [1.54, 1.807) is 0 Å². The van der Waals surface area contributed by atoms with Gasteiger partial charge in [0.05, 0.1) is 12.1 Å². The molecule has 1 saturated heterocycles. The Bertz CT molecular complexity index is 560. The summed E-state index contributed by atoms with van der Waals surface area (Å²) >= 11 is 0. The number of hydrogen-bond donors (Lipinski definition) is 2. The largest absolute Gasteiger partial charge is 0.478 e. The third kappa shape index (κ3) is 3.10. The molecule has 1 aliphatic heterocycles. The number of piperidine rings is 1. The lowest BCUT2D eigenvalue weighted by atomic mass is 10.0. The molecule has 2 aromatic heterocycles. The second-order valence-corrected chi connectivity index (χ2v) is 5.32. The van der Waals surface area contributed by atoms with Gasteiger partial charge in [0.1, 0.15) is 5.82 Å². The summed E-state index contributed by atoms with van der Waals surface area (Å²) in [5, 5.41) is 3.57. The number of fused-ring (bicyclic) bond motifs is 1. The highest BCUT2D eigenvalue weighted by Crippen LogP contribution is 2.17. The summed E-state index contributed by atoms with van der Waals surface area (Å²) in [6.07, 6.45) is 6.05. The molecule has 0 saturated carbocycles. The Balaban J connectivity index is 1.65. The smallest absolute Gasteiger partial charge is 0.215 e. The predicted molar refractivity (Wildman–Crippen MR) is 79.0 cm³/mol. The predicted octanol–water partition coefficient (Wildman–Crippen LogP) is 2.43. The molecule has 3 rings (SSSR count). The van der Waals surface area contributed by atoms with Gasteiger partial charge in [-0.25, -0.2) is 4.98 Å². The first-order valence-electron chi connectivity index (χ1n) is 7.57. The second kappa shape index (κ2) is 6.22. The topological polar surface area (TPSA) is 62.8 Å². The number of pyridine rings is 1. The van der Waals surface area contributed by atoms with Gasteiger partial charge in [0.15, 0.2) is 5.65 Å². The minimum atomic E-state index is 0.628. The summed E-state index contributed by atoms with van der Waals surface area (Å²) in [6, 6.07) is 4.52. The Morgan fingerprint density at radius 2 is 2.25 bits per heavy atom. The highest BCUT2D eigenvalue weighted by Gasteiger charge is 2.13. The molecule has 3 heterocycles. The van der Waals surface area contributed by atoms with Crippen LogP contribution in [-0.4, -0.2) is 34.1 Å². The zero-order valence-corrected chi connectivity index (χ0v) is 12.0. The lowest BCUT2D eigenvalue weighted by Gasteiger charge is -2.22. The zero-order valence-electron chi connectivity index (χ0n) is 12.0. The number of aromatic amines is 1. The number of imidazole rings is 1. The van der Waals surface area contributed by atoms with E-state index in [9.17, 15) is 0 Å². The van der Waals surface area contributed by atoms with Crippen LogP contribution >= 0.6 is 0 Å². The third-order valence-corrected chi connectivity index (χ3v) is 3.80. The van der Waals surface area contributed by atoms with Crippen molar-refractivity contribution < 1.29 is 4.74 Å². The molecule has 1 atom stereocenters. The minimum absolute atomic E-state index is 0.628. The van der Waals surface area contributed by atoms with Crippen molar-refractivity contribution in [1.29, 1.82) is 0 Å². The van der Waals surface area contributed by atoms with Gasteiger partial charge in [0.25, 0.3) is 0 Å². The third-order valence-electron chi connectivity index (χ3n) is 3.80. The molecular formula is C15H22N4O. The van der Waals surface area contributed by atoms with Crippen molar-refractivity contribution in [1.82, 2.24) is 20.3 Å². The van der Waals surface area contributed by atoms with Gasteiger partial charge in [0, 0.05) is 18.5 Å². The van der Waals surface area contributed by atoms with Gasteiger partial charge in [-0.1, -0.05) is 6.42 Å². The molecule has 2 N–H and O–H groups in total. The van der Waals surface area contributed by atoms with Crippen LogP contribution in [-0.2, 0) is 6.42 Å². The number of rotatable bonds is 5. The lowest BCUT2D eigenvalue weighted by Crippen LogP contribution is -2.34. The van der Waals surface area contributed by atoms with Crippen molar-refractivity contribution >= 4 is 11.2 Å². The Hall–Kier alpha value is -1.62. The van der Waals surface area contributed by atoms with Crippen LogP contribution in [0.15, 0.2) is 12.1 Å². The van der Waals surface area contributed by atoms with Gasteiger partial charge in [-0.3, -0.25) is 0 Å². The van der Waals surface area contributed by atoms with E-state index in [1.165, 1.54) is 19.3 Å². The molecular weight excluding hydrogens is 252 g/mol. The number of nitrogens with one attached hydrogen (secondary N) is 2. The van der Waals surface area contributed by atoms with Gasteiger partial charge in [0.2, 0.25) is 5.88 Å². The van der Waals surface area contributed by atoms with Crippen molar-refractivity contribution in [2.24, 2.45) is 0 Å². The minimum Gasteiger partial charge on any atom is -0.478 e. The number of hydrogen-bond acceptors (Lipinski definition) is 4.